The van der Waals surface area contributed by atoms with Crippen LogP contribution in [-0.2, 0) is 0 Å². The van der Waals surface area contributed by atoms with Crippen molar-refractivity contribution in [3.8, 4) is 32.6 Å². The summed E-state index contributed by atoms with van der Waals surface area (Å²) in [7, 11) is 0. The summed E-state index contributed by atoms with van der Waals surface area (Å²) in [5.74, 6) is 1.77. The van der Waals surface area contributed by atoms with Gasteiger partial charge in [0.25, 0.3) is 0 Å². The Hall–Kier alpha value is -4.26. The van der Waals surface area contributed by atoms with E-state index < -0.39 is 13.9 Å². The molecule has 2 aliphatic heterocycles. The fourth-order valence-electron chi connectivity index (χ4n) is 6.11. The van der Waals surface area contributed by atoms with E-state index in [9.17, 15) is 0 Å². The van der Waals surface area contributed by atoms with Gasteiger partial charge in [0.1, 0.15) is 0 Å². The molecule has 0 fully saturated rings. The average Bonchev–Trinajstić information content (AvgIpc) is 3.60. The molecule has 4 nitrogen and oxygen atoms in total. The Bertz CT molecular complexity index is 2240. The number of fused-ring (bicyclic) bond motifs is 14. The van der Waals surface area contributed by atoms with Gasteiger partial charge in [-0.05, 0) is 0 Å². The summed E-state index contributed by atoms with van der Waals surface area (Å²) in [6.45, 7) is 0. The van der Waals surface area contributed by atoms with Crippen LogP contribution in [0.3, 0.4) is 0 Å². The molecule has 6 aromatic carbocycles. The molecule has 10 rings (SSSR count). The van der Waals surface area contributed by atoms with Crippen LogP contribution in [0.25, 0.3) is 63.1 Å². The summed E-state index contributed by atoms with van der Waals surface area (Å²) in [5, 5.41) is 7.09. The van der Waals surface area contributed by atoms with E-state index in [-0.39, 0.29) is 0 Å². The van der Waals surface area contributed by atoms with Crippen molar-refractivity contribution in [2.45, 2.75) is 0 Å². The van der Waals surface area contributed by atoms with Gasteiger partial charge < -0.3 is 0 Å². The zero-order chi connectivity index (χ0) is 26.7. The summed E-state index contributed by atoms with van der Waals surface area (Å²) in [5.41, 5.74) is 4.51. The molecule has 0 saturated heterocycles. The van der Waals surface area contributed by atoms with Gasteiger partial charge in [-0.2, -0.15) is 0 Å². The number of nitrogens with zero attached hydrogens (tertiary/aromatic N) is 2. The Morgan fingerprint density at radius 1 is 0.463 bits per heavy atom. The second-order valence-corrected chi connectivity index (χ2v) is 16.5. The number of hydrogen-bond donors (Lipinski definition) is 0. The molecule has 0 N–H and O–H groups in total. The van der Waals surface area contributed by atoms with Gasteiger partial charge in [-0.1, -0.05) is 0 Å². The van der Waals surface area contributed by atoms with Crippen LogP contribution in [0.1, 0.15) is 0 Å². The van der Waals surface area contributed by atoms with Crippen LogP contribution in [0.4, 0.5) is 0 Å². The summed E-state index contributed by atoms with van der Waals surface area (Å²) in [6.07, 6.45) is 0. The van der Waals surface area contributed by atoms with E-state index in [1.165, 1.54) is 30.2 Å². The molecule has 41 heavy (non-hydrogen) atoms. The van der Waals surface area contributed by atoms with Crippen LogP contribution in [0, 0.1) is 0 Å². The van der Waals surface area contributed by atoms with E-state index in [1.54, 1.807) is 0 Å². The average molecular weight is 632 g/mol. The first-order chi connectivity index (χ1) is 20.3. The Labute approximate surface area is 246 Å². The second kappa shape index (κ2) is 7.93. The molecular formula is C34H20N2O2S2Se+2. The maximum absolute atomic E-state index is 7.40. The third kappa shape index (κ3) is 2.93. The molecule has 0 atom stereocenters. The molecule has 8 aromatic rings. The molecule has 0 amide bonds. The summed E-state index contributed by atoms with van der Waals surface area (Å²) in [6, 6.07) is 43.3. The fraction of sp³-hybridized carbons (Fsp3) is 0. The molecule has 4 heterocycles. The topological polar surface area (TPSA) is 26.2 Å². The van der Waals surface area contributed by atoms with Gasteiger partial charge in [-0.25, -0.2) is 0 Å². The zero-order valence-corrected chi connectivity index (χ0v) is 24.8. The quantitative estimate of drug-likeness (QED) is 0.159. The number of hydrogen-bond acceptors (Lipinski definition) is 4. The molecule has 2 aliphatic rings. The van der Waals surface area contributed by atoms with Crippen LogP contribution >= 0.6 is 22.7 Å². The van der Waals surface area contributed by atoms with Crippen molar-refractivity contribution in [2.24, 2.45) is 0 Å². The number of rotatable bonds is 0. The Kier molecular flexibility index (Phi) is 4.34. The Morgan fingerprint density at radius 3 is 1.32 bits per heavy atom. The van der Waals surface area contributed by atoms with Crippen molar-refractivity contribution in [1.29, 1.82) is 0 Å². The van der Waals surface area contributed by atoms with Crippen molar-refractivity contribution in [2.75, 3.05) is 0 Å². The van der Waals surface area contributed by atoms with Crippen molar-refractivity contribution < 1.29 is 14.8 Å². The van der Waals surface area contributed by atoms with Gasteiger partial charge >= 0.3 is 247 Å². The van der Waals surface area contributed by atoms with E-state index in [4.69, 9.17) is 7.64 Å². The van der Waals surface area contributed by atoms with Crippen LogP contribution in [-0.4, -0.2) is 13.9 Å². The zero-order valence-electron chi connectivity index (χ0n) is 21.5. The molecule has 2 aromatic heterocycles. The van der Waals surface area contributed by atoms with Gasteiger partial charge in [0.15, 0.2) is 0 Å². The molecule has 7 heteroatoms. The third-order valence-electron chi connectivity index (χ3n) is 7.97. The SMILES string of the molecule is c1ccc2cc3c(cc2c1)O[Se]1(Oc2cc4ccccc4cc2-c2sc4ccccc4[n+]21)[n+]1c-3sc2ccccc21. The van der Waals surface area contributed by atoms with Crippen LogP contribution < -0.4 is 14.8 Å². The van der Waals surface area contributed by atoms with Crippen molar-refractivity contribution in [1.82, 2.24) is 0 Å². The summed E-state index contributed by atoms with van der Waals surface area (Å²) < 4.78 is 22.1. The van der Waals surface area contributed by atoms with Gasteiger partial charge in [-0.15, -0.1) is 0 Å². The van der Waals surface area contributed by atoms with E-state index in [0.717, 1.165) is 44.4 Å². The van der Waals surface area contributed by atoms with Gasteiger partial charge in [0.05, 0.1) is 0 Å². The number of benzene rings is 6. The Balaban J connectivity index is 1.38. The second-order valence-electron chi connectivity index (χ2n) is 10.3. The maximum atomic E-state index is 7.40. The molecule has 0 bridgehead atoms. The predicted molar refractivity (Wildman–Crippen MR) is 168 cm³/mol. The molecular weight excluding hydrogens is 611 g/mol. The van der Waals surface area contributed by atoms with Crippen LogP contribution in [0.5, 0.6) is 11.5 Å². The van der Waals surface area contributed by atoms with Gasteiger partial charge in [0.2, 0.25) is 0 Å². The molecule has 0 saturated carbocycles. The van der Waals surface area contributed by atoms with Crippen molar-refractivity contribution in [3.05, 3.63) is 121 Å². The van der Waals surface area contributed by atoms with Crippen LogP contribution in [0.15, 0.2) is 121 Å². The first-order valence-electron chi connectivity index (χ1n) is 13.4. The minimum absolute atomic E-state index is 0.883. The summed E-state index contributed by atoms with van der Waals surface area (Å²) in [4.78, 5) is 0. The molecule has 194 valence electrons. The van der Waals surface area contributed by atoms with Gasteiger partial charge in [-0.3, -0.25) is 0 Å². The number of thiazole rings is 2. The first kappa shape index (κ1) is 22.4. The number of aromatic nitrogens is 2. The van der Waals surface area contributed by atoms with Crippen molar-refractivity contribution in [3.63, 3.8) is 0 Å². The first-order valence-corrected chi connectivity index (χ1v) is 18.0. The van der Waals surface area contributed by atoms with Crippen molar-refractivity contribution >= 4 is 78.6 Å². The standard InChI is InChI=1S/C34H20N2O2S2Se/c1-3-11-23-19-29-25(17-21(23)9-1)33-35(27-13-5-7-15-31(27)39-33)41(37-29)36-28-14-6-8-16-32(28)40-34(36)26-18-22-10-2-4-12-24(22)20-30(26)38-41/h1-20H/q+2. The van der Waals surface area contributed by atoms with E-state index >= 15 is 0 Å². The monoisotopic (exact) mass is 632 g/mol. The Morgan fingerprint density at radius 2 is 0.854 bits per heavy atom. The normalized spacial score (nSPS) is 15.2. The minimum atomic E-state index is -3.73. The summed E-state index contributed by atoms with van der Waals surface area (Å²) >= 11 is -0.0945. The van der Waals surface area contributed by atoms with E-state index in [2.05, 4.69) is 128 Å². The molecule has 0 unspecified atom stereocenters. The molecule has 1 spiro atoms. The predicted octanol–water partition coefficient (Wildman–Crippen LogP) is 7.95. The van der Waals surface area contributed by atoms with E-state index in [0.29, 0.717) is 0 Å². The van der Waals surface area contributed by atoms with Gasteiger partial charge in [0, 0.05) is 0 Å². The number of para-hydroxylation sites is 2. The third-order valence-corrected chi connectivity index (χ3v) is 16.0. The van der Waals surface area contributed by atoms with E-state index in [1.807, 2.05) is 22.7 Å². The fourth-order valence-corrected chi connectivity index (χ4v) is 15.6. The molecule has 0 aliphatic carbocycles. The van der Waals surface area contributed by atoms with Crippen LogP contribution in [0.2, 0.25) is 0 Å². The molecule has 0 radical (unpaired) electrons.